The van der Waals surface area contributed by atoms with Gasteiger partial charge in [-0.3, -0.25) is 4.79 Å². The van der Waals surface area contributed by atoms with Crippen LogP contribution in [0.3, 0.4) is 0 Å². The Morgan fingerprint density at radius 2 is 2.10 bits per heavy atom. The number of nitrogens with one attached hydrogen (secondary N) is 1. The Bertz CT molecular complexity index is 432. The van der Waals surface area contributed by atoms with Crippen molar-refractivity contribution in [3.8, 4) is 0 Å². The van der Waals surface area contributed by atoms with Gasteiger partial charge in [0.2, 0.25) is 5.91 Å². The number of hydrogen-bond donors (Lipinski definition) is 2. The molecule has 0 aliphatic carbocycles. The zero-order valence-corrected chi connectivity index (χ0v) is 14.7. The fraction of sp³-hybridized carbons (Fsp3) is 0.533. The van der Waals surface area contributed by atoms with E-state index >= 15 is 0 Å². The Morgan fingerprint density at radius 1 is 1.45 bits per heavy atom. The Labute approximate surface area is 136 Å². The third-order valence-corrected chi connectivity index (χ3v) is 3.62. The van der Waals surface area contributed by atoms with Crippen molar-refractivity contribution in [3.63, 3.8) is 0 Å². The van der Waals surface area contributed by atoms with Gasteiger partial charge in [-0.1, -0.05) is 41.4 Å². The van der Waals surface area contributed by atoms with E-state index in [4.69, 9.17) is 5.73 Å². The average molecular weight is 364 g/mol. The van der Waals surface area contributed by atoms with Crippen LogP contribution in [0.2, 0.25) is 0 Å². The van der Waals surface area contributed by atoms with Gasteiger partial charge in [-0.2, -0.15) is 0 Å². The maximum Gasteiger partial charge on any atom is 0.239 e. The van der Waals surface area contributed by atoms with Crippen LogP contribution in [0.5, 0.6) is 0 Å². The first kappa shape index (κ1) is 19.4. The van der Waals surface area contributed by atoms with Crippen LogP contribution < -0.4 is 11.1 Å². The summed E-state index contributed by atoms with van der Waals surface area (Å²) in [6.45, 7) is 6.25. The lowest BCUT2D eigenvalue weighted by Gasteiger charge is -2.21. The molecule has 0 aromatic heterocycles. The smallest absolute Gasteiger partial charge is 0.239 e. The Morgan fingerprint density at radius 3 is 2.60 bits per heavy atom. The summed E-state index contributed by atoms with van der Waals surface area (Å²) in [5.41, 5.74) is 6.23. The molecule has 3 N–H and O–H groups in total. The van der Waals surface area contributed by atoms with Crippen LogP contribution in [0, 0.1) is 5.92 Å². The number of halogens is 2. The van der Waals surface area contributed by atoms with Gasteiger partial charge in [-0.15, -0.1) is 12.4 Å². The molecule has 0 saturated heterocycles. The third kappa shape index (κ3) is 6.73. The maximum absolute atomic E-state index is 11.7. The van der Waals surface area contributed by atoms with Crippen molar-refractivity contribution in [2.24, 2.45) is 11.7 Å². The molecule has 0 aliphatic rings. The van der Waals surface area contributed by atoms with E-state index in [0.29, 0.717) is 12.5 Å². The van der Waals surface area contributed by atoms with Crippen LogP contribution in [0.25, 0.3) is 0 Å². The summed E-state index contributed by atoms with van der Waals surface area (Å²) in [4.78, 5) is 11.7. The van der Waals surface area contributed by atoms with Crippen LogP contribution in [-0.2, 0) is 11.2 Å². The highest BCUT2D eigenvalue weighted by atomic mass is 79.9. The highest BCUT2D eigenvalue weighted by Crippen LogP contribution is 2.16. The molecule has 1 rings (SSSR count). The molecule has 3 nitrogen and oxygen atoms in total. The van der Waals surface area contributed by atoms with Crippen LogP contribution >= 0.6 is 28.3 Å². The van der Waals surface area contributed by atoms with Gasteiger partial charge in [0.15, 0.2) is 0 Å². The topological polar surface area (TPSA) is 55.1 Å². The van der Waals surface area contributed by atoms with E-state index in [1.54, 1.807) is 13.8 Å². The van der Waals surface area contributed by atoms with Crippen molar-refractivity contribution in [1.82, 2.24) is 5.32 Å². The van der Waals surface area contributed by atoms with Crippen molar-refractivity contribution in [1.29, 1.82) is 0 Å². The lowest BCUT2D eigenvalue weighted by Crippen LogP contribution is -2.50. The minimum atomic E-state index is -0.811. The maximum atomic E-state index is 11.7. The standard InChI is InChI=1S/C15H23BrN2O.ClH/c1-4-11(10-18-14(19)15(2,3)17)8-12-6-5-7-13(16)9-12;/h5-7,9,11H,4,8,10,17H2,1-3H3,(H,18,19);1H. The van der Waals surface area contributed by atoms with Crippen molar-refractivity contribution in [2.75, 3.05) is 6.54 Å². The molecule has 0 fully saturated rings. The normalized spacial score (nSPS) is 12.4. The second-order valence-corrected chi connectivity index (χ2v) is 6.46. The molecule has 114 valence electrons. The number of hydrogen-bond acceptors (Lipinski definition) is 2. The largest absolute Gasteiger partial charge is 0.354 e. The molecule has 0 radical (unpaired) electrons. The molecule has 1 amide bonds. The molecule has 1 atom stereocenters. The number of carbonyl (C=O) groups excluding carboxylic acids is 1. The molecule has 0 heterocycles. The zero-order chi connectivity index (χ0) is 14.5. The fourth-order valence-corrected chi connectivity index (χ4v) is 2.27. The molecule has 1 aromatic carbocycles. The first-order valence-electron chi connectivity index (χ1n) is 6.64. The minimum absolute atomic E-state index is 0. The molecule has 5 heteroatoms. The molecule has 0 saturated carbocycles. The molecule has 0 aliphatic heterocycles. The van der Waals surface area contributed by atoms with Crippen molar-refractivity contribution in [2.45, 2.75) is 39.2 Å². The minimum Gasteiger partial charge on any atom is -0.354 e. The number of nitrogens with two attached hydrogens (primary N) is 1. The van der Waals surface area contributed by atoms with E-state index in [0.717, 1.165) is 17.3 Å². The van der Waals surface area contributed by atoms with E-state index in [2.05, 4.69) is 40.3 Å². The van der Waals surface area contributed by atoms with E-state index in [1.807, 2.05) is 12.1 Å². The van der Waals surface area contributed by atoms with Crippen LogP contribution in [0.4, 0.5) is 0 Å². The predicted molar refractivity (Wildman–Crippen MR) is 90.2 cm³/mol. The first-order chi connectivity index (χ1) is 8.82. The fourth-order valence-electron chi connectivity index (χ4n) is 1.82. The summed E-state index contributed by atoms with van der Waals surface area (Å²) in [5.74, 6) is 0.334. The van der Waals surface area contributed by atoms with Gasteiger partial charge in [-0.05, 0) is 43.9 Å². The van der Waals surface area contributed by atoms with Gasteiger partial charge < -0.3 is 11.1 Å². The third-order valence-electron chi connectivity index (χ3n) is 3.13. The molecule has 0 bridgehead atoms. The van der Waals surface area contributed by atoms with E-state index < -0.39 is 5.54 Å². The highest BCUT2D eigenvalue weighted by molar-refractivity contribution is 9.10. The molecular formula is C15H24BrClN2O. The van der Waals surface area contributed by atoms with Gasteiger partial charge in [0, 0.05) is 11.0 Å². The summed E-state index contributed by atoms with van der Waals surface area (Å²) in [6, 6.07) is 8.29. The van der Waals surface area contributed by atoms with Gasteiger partial charge in [0.05, 0.1) is 5.54 Å². The van der Waals surface area contributed by atoms with Gasteiger partial charge in [0.25, 0.3) is 0 Å². The highest BCUT2D eigenvalue weighted by Gasteiger charge is 2.22. The first-order valence-corrected chi connectivity index (χ1v) is 7.44. The molecule has 0 spiro atoms. The van der Waals surface area contributed by atoms with Crippen molar-refractivity contribution >= 4 is 34.2 Å². The van der Waals surface area contributed by atoms with Gasteiger partial charge in [-0.25, -0.2) is 0 Å². The Hall–Kier alpha value is -0.580. The van der Waals surface area contributed by atoms with Crippen LogP contribution in [0.15, 0.2) is 28.7 Å². The summed E-state index contributed by atoms with van der Waals surface area (Å²) in [6.07, 6.45) is 1.99. The SMILES string of the molecule is CCC(CNC(=O)C(C)(C)N)Cc1cccc(Br)c1.Cl. The van der Waals surface area contributed by atoms with Gasteiger partial charge >= 0.3 is 0 Å². The summed E-state index contributed by atoms with van der Waals surface area (Å²) >= 11 is 3.48. The van der Waals surface area contributed by atoms with E-state index in [1.165, 1.54) is 5.56 Å². The van der Waals surface area contributed by atoms with E-state index in [9.17, 15) is 4.79 Å². The van der Waals surface area contributed by atoms with Crippen LogP contribution in [-0.4, -0.2) is 18.0 Å². The van der Waals surface area contributed by atoms with E-state index in [-0.39, 0.29) is 18.3 Å². The average Bonchev–Trinajstić information content (AvgIpc) is 2.32. The predicted octanol–water partition coefficient (Wildman–Crippen LogP) is 3.29. The molecule has 1 unspecified atom stereocenters. The number of rotatable bonds is 6. The number of carbonyl (C=O) groups is 1. The van der Waals surface area contributed by atoms with Crippen molar-refractivity contribution < 1.29 is 4.79 Å². The zero-order valence-electron chi connectivity index (χ0n) is 12.3. The van der Waals surface area contributed by atoms with Crippen molar-refractivity contribution in [3.05, 3.63) is 34.3 Å². The summed E-state index contributed by atoms with van der Waals surface area (Å²) in [5, 5.41) is 2.93. The molecule has 20 heavy (non-hydrogen) atoms. The van der Waals surface area contributed by atoms with Crippen LogP contribution in [0.1, 0.15) is 32.8 Å². The second-order valence-electron chi connectivity index (χ2n) is 5.54. The Balaban J connectivity index is 0.00000361. The Kier molecular flexibility index (Phi) is 8.40. The lowest BCUT2D eigenvalue weighted by molar-refractivity contribution is -0.125. The summed E-state index contributed by atoms with van der Waals surface area (Å²) in [7, 11) is 0. The second kappa shape index (κ2) is 8.65. The van der Waals surface area contributed by atoms with Gasteiger partial charge in [0.1, 0.15) is 0 Å². The monoisotopic (exact) mass is 362 g/mol. The number of amides is 1. The molecular weight excluding hydrogens is 340 g/mol. The molecule has 1 aromatic rings. The summed E-state index contributed by atoms with van der Waals surface area (Å²) < 4.78 is 1.09. The quantitative estimate of drug-likeness (QED) is 0.815. The lowest BCUT2D eigenvalue weighted by atomic mass is 9.96. The number of benzene rings is 1.